The highest BCUT2D eigenvalue weighted by atomic mass is 35.5. The fourth-order valence-corrected chi connectivity index (χ4v) is 3.46. The molecule has 2 amide bonds. The maximum Gasteiger partial charge on any atom is 0.426 e. The first kappa shape index (κ1) is 22.2. The molecule has 2 rings (SSSR count). The molecule has 0 aromatic carbocycles. The summed E-state index contributed by atoms with van der Waals surface area (Å²) in [6.07, 6.45) is 1.72. The van der Waals surface area contributed by atoms with Crippen molar-refractivity contribution < 1.29 is 14.7 Å². The van der Waals surface area contributed by atoms with Crippen molar-refractivity contribution in [2.24, 2.45) is 5.92 Å². The van der Waals surface area contributed by atoms with Gasteiger partial charge >= 0.3 is 6.09 Å². The molecule has 9 nitrogen and oxygen atoms in total. The molecule has 0 bridgehead atoms. The zero-order valence-electron chi connectivity index (χ0n) is 15.4. The number of aromatic nitrogens is 2. The van der Waals surface area contributed by atoms with Crippen molar-refractivity contribution in [1.29, 1.82) is 0 Å². The summed E-state index contributed by atoms with van der Waals surface area (Å²) in [5.74, 6) is -0.456. The third-order valence-electron chi connectivity index (χ3n) is 4.31. The number of rotatable bonds is 3. The van der Waals surface area contributed by atoms with E-state index >= 15 is 0 Å². The molecular formula is C16H21ClN6O3S2. The van der Waals surface area contributed by atoms with Crippen LogP contribution >= 0.6 is 36.0 Å². The van der Waals surface area contributed by atoms with Gasteiger partial charge in [0.15, 0.2) is 16.0 Å². The van der Waals surface area contributed by atoms with Crippen LogP contribution in [0.3, 0.4) is 0 Å². The lowest BCUT2D eigenvalue weighted by molar-refractivity contribution is -0.110. The summed E-state index contributed by atoms with van der Waals surface area (Å²) < 4.78 is 0. The third kappa shape index (κ3) is 5.94. The van der Waals surface area contributed by atoms with E-state index in [1.807, 2.05) is 19.0 Å². The summed E-state index contributed by atoms with van der Waals surface area (Å²) in [7, 11) is 3.75. The van der Waals surface area contributed by atoms with Crippen molar-refractivity contribution in [1.82, 2.24) is 25.5 Å². The molecule has 12 heteroatoms. The maximum atomic E-state index is 12.2. The second kappa shape index (κ2) is 9.89. The van der Waals surface area contributed by atoms with Crippen molar-refractivity contribution in [3.05, 3.63) is 17.3 Å². The van der Waals surface area contributed by atoms with Crippen LogP contribution in [0, 0.1) is 5.92 Å². The summed E-state index contributed by atoms with van der Waals surface area (Å²) in [6.45, 7) is 0. The molecule has 1 saturated carbocycles. The standard InChI is InChI=1S/C16H21ClN6O3S2/c1-22(2)15(28)9-4-3-5-10(8-9)23(16(25)26)21-14(27)13(24)18-12-7-6-11(17)19-20-12/h6-7,9-10H,3-5,8H2,1-2H3,(H,21,27)(H,25,26)(H,18,20,24)/t9-,10?/m0/s1. The van der Waals surface area contributed by atoms with Crippen LogP contribution in [-0.4, -0.2) is 67.3 Å². The van der Waals surface area contributed by atoms with Gasteiger partial charge in [-0.25, -0.2) is 9.80 Å². The second-order valence-electron chi connectivity index (χ2n) is 6.54. The van der Waals surface area contributed by atoms with Crippen LogP contribution in [0.15, 0.2) is 12.1 Å². The molecular weight excluding hydrogens is 424 g/mol. The number of amides is 2. The van der Waals surface area contributed by atoms with E-state index in [-0.39, 0.29) is 27.9 Å². The van der Waals surface area contributed by atoms with Crippen molar-refractivity contribution in [3.63, 3.8) is 0 Å². The Morgan fingerprint density at radius 1 is 1.25 bits per heavy atom. The number of carbonyl (C=O) groups excluding carboxylic acids is 1. The quantitative estimate of drug-likeness (QED) is 0.477. The average molecular weight is 445 g/mol. The van der Waals surface area contributed by atoms with Gasteiger partial charge in [0.1, 0.15) is 0 Å². The minimum Gasteiger partial charge on any atom is -0.464 e. The van der Waals surface area contributed by atoms with E-state index in [2.05, 4.69) is 20.9 Å². The first-order chi connectivity index (χ1) is 13.2. The summed E-state index contributed by atoms with van der Waals surface area (Å²) in [4.78, 5) is 26.4. The van der Waals surface area contributed by atoms with E-state index in [0.717, 1.165) is 22.8 Å². The van der Waals surface area contributed by atoms with E-state index in [1.165, 1.54) is 12.1 Å². The van der Waals surface area contributed by atoms with Gasteiger partial charge in [0.2, 0.25) is 0 Å². The molecule has 0 saturated heterocycles. The number of thiocarbonyl (C=S) groups is 2. The van der Waals surface area contributed by atoms with E-state index in [0.29, 0.717) is 12.8 Å². The van der Waals surface area contributed by atoms with Crippen LogP contribution in [-0.2, 0) is 4.79 Å². The zero-order valence-corrected chi connectivity index (χ0v) is 17.8. The Morgan fingerprint density at radius 3 is 2.54 bits per heavy atom. The molecule has 152 valence electrons. The van der Waals surface area contributed by atoms with Crippen molar-refractivity contribution in [2.45, 2.75) is 31.7 Å². The first-order valence-electron chi connectivity index (χ1n) is 8.53. The Bertz CT molecular complexity index is 761. The normalized spacial score (nSPS) is 18.7. The zero-order chi connectivity index (χ0) is 20.8. The molecule has 28 heavy (non-hydrogen) atoms. The van der Waals surface area contributed by atoms with E-state index in [9.17, 15) is 14.7 Å². The number of carbonyl (C=O) groups is 2. The number of hydrazine groups is 1. The Kier molecular flexibility index (Phi) is 7.84. The Labute approximate surface area is 178 Å². The molecule has 2 atom stereocenters. The number of anilines is 1. The summed E-state index contributed by atoms with van der Waals surface area (Å²) in [5.41, 5.74) is 2.53. The number of halogens is 1. The Morgan fingerprint density at radius 2 is 1.96 bits per heavy atom. The fraction of sp³-hybridized carbons (Fsp3) is 0.500. The van der Waals surface area contributed by atoms with Crippen LogP contribution in [0.4, 0.5) is 10.6 Å². The topological polar surface area (TPSA) is 111 Å². The number of carboxylic acid groups (broad SMARTS) is 1. The first-order valence-corrected chi connectivity index (χ1v) is 9.73. The van der Waals surface area contributed by atoms with Crippen LogP contribution in [0.2, 0.25) is 5.15 Å². The predicted octanol–water partition coefficient (Wildman–Crippen LogP) is 2.33. The Hall–Kier alpha value is -2.11. The molecule has 1 heterocycles. The molecule has 0 aliphatic heterocycles. The van der Waals surface area contributed by atoms with Crippen LogP contribution in [0.1, 0.15) is 25.7 Å². The minimum absolute atomic E-state index is 0.0964. The van der Waals surface area contributed by atoms with Crippen LogP contribution in [0.5, 0.6) is 0 Å². The smallest absolute Gasteiger partial charge is 0.426 e. The molecule has 3 N–H and O–H groups in total. The molecule has 0 radical (unpaired) electrons. The average Bonchev–Trinajstić information content (AvgIpc) is 2.66. The summed E-state index contributed by atoms with van der Waals surface area (Å²) >= 11 is 16.1. The van der Waals surface area contributed by atoms with E-state index < -0.39 is 12.0 Å². The highest BCUT2D eigenvalue weighted by Crippen LogP contribution is 2.29. The number of nitrogens with zero attached hydrogens (tertiary/aromatic N) is 4. The Balaban J connectivity index is 2.02. The van der Waals surface area contributed by atoms with Crippen LogP contribution < -0.4 is 10.7 Å². The molecule has 1 aromatic rings. The van der Waals surface area contributed by atoms with Crippen molar-refractivity contribution in [3.8, 4) is 0 Å². The molecule has 1 unspecified atom stereocenters. The molecule has 1 aromatic heterocycles. The van der Waals surface area contributed by atoms with Gasteiger partial charge in [-0.1, -0.05) is 42.5 Å². The molecule has 1 aliphatic rings. The lowest BCUT2D eigenvalue weighted by Gasteiger charge is -2.37. The summed E-state index contributed by atoms with van der Waals surface area (Å²) in [5, 5.41) is 20.5. The minimum atomic E-state index is -1.22. The maximum absolute atomic E-state index is 12.2. The van der Waals surface area contributed by atoms with E-state index in [1.54, 1.807) is 0 Å². The van der Waals surface area contributed by atoms with Gasteiger partial charge in [-0.05, 0) is 31.4 Å². The predicted molar refractivity (Wildman–Crippen MR) is 113 cm³/mol. The van der Waals surface area contributed by atoms with E-state index in [4.69, 9.17) is 36.0 Å². The van der Waals surface area contributed by atoms with Gasteiger partial charge in [-0.2, -0.15) is 0 Å². The van der Waals surface area contributed by atoms with Gasteiger partial charge in [0.05, 0.1) is 11.0 Å². The summed E-state index contributed by atoms with van der Waals surface area (Å²) in [6, 6.07) is 2.56. The number of nitrogens with one attached hydrogen (secondary N) is 2. The molecule has 1 fully saturated rings. The van der Waals surface area contributed by atoms with Gasteiger partial charge in [0, 0.05) is 20.0 Å². The van der Waals surface area contributed by atoms with Gasteiger partial charge in [0.25, 0.3) is 5.91 Å². The van der Waals surface area contributed by atoms with Gasteiger partial charge in [-0.3, -0.25) is 10.2 Å². The van der Waals surface area contributed by atoms with Crippen molar-refractivity contribution in [2.75, 3.05) is 19.4 Å². The number of hydrogen-bond acceptors (Lipinski definition) is 6. The monoisotopic (exact) mass is 444 g/mol. The lowest BCUT2D eigenvalue weighted by Crippen LogP contribution is -2.55. The second-order valence-corrected chi connectivity index (χ2v) is 7.75. The molecule has 0 spiro atoms. The highest BCUT2D eigenvalue weighted by Gasteiger charge is 2.33. The largest absolute Gasteiger partial charge is 0.464 e. The SMILES string of the molecule is CN(C)C(=S)[C@H]1CCCC(N(NC(=S)C(=O)Nc2ccc(Cl)nn2)C(=O)O)C1. The molecule has 1 aliphatic carbocycles. The van der Waals surface area contributed by atoms with Gasteiger partial charge < -0.3 is 15.3 Å². The third-order valence-corrected chi connectivity index (χ3v) is 5.49. The van der Waals surface area contributed by atoms with Gasteiger partial charge in [-0.15, -0.1) is 10.2 Å². The highest BCUT2D eigenvalue weighted by molar-refractivity contribution is 7.82. The number of hydrogen-bond donors (Lipinski definition) is 3. The van der Waals surface area contributed by atoms with Crippen LogP contribution in [0.25, 0.3) is 0 Å². The fourth-order valence-electron chi connectivity index (χ4n) is 3.00. The lowest BCUT2D eigenvalue weighted by atomic mass is 9.85. The van der Waals surface area contributed by atoms with Crippen molar-refractivity contribution >= 4 is 63.8 Å².